The van der Waals surface area contributed by atoms with Crippen LogP contribution in [0.5, 0.6) is 0 Å². The van der Waals surface area contributed by atoms with Crippen molar-refractivity contribution in [3.05, 3.63) is 11.6 Å². The molecule has 0 aliphatic heterocycles. The molecule has 4 aliphatic carbocycles. The fraction of sp³-hybridized carbons (Fsp3) is 0.889. The molecule has 0 radical (unpaired) electrons. The topological polar surface area (TPSA) is 80.9 Å². The van der Waals surface area contributed by atoms with Crippen LogP contribution in [-0.2, 0) is 0 Å². The average Bonchev–Trinajstić information content (AvgIpc) is 2.70. The zero-order chi connectivity index (χ0) is 15.6. The van der Waals surface area contributed by atoms with E-state index < -0.39 is 18.3 Å². The highest BCUT2D eigenvalue weighted by Gasteiger charge is 2.60. The van der Waals surface area contributed by atoms with Gasteiger partial charge in [-0.3, -0.25) is 0 Å². The van der Waals surface area contributed by atoms with E-state index in [1.165, 1.54) is 5.57 Å². The average molecular weight is 308 g/mol. The summed E-state index contributed by atoms with van der Waals surface area (Å²) in [6.07, 6.45) is 5.03. The highest BCUT2D eigenvalue weighted by molar-refractivity contribution is 5.23. The quantitative estimate of drug-likeness (QED) is 0.507. The van der Waals surface area contributed by atoms with E-state index in [0.29, 0.717) is 24.7 Å². The van der Waals surface area contributed by atoms with Crippen molar-refractivity contribution >= 4 is 0 Å². The molecule has 0 aromatic carbocycles. The molecule has 0 spiro atoms. The van der Waals surface area contributed by atoms with E-state index in [1.54, 1.807) is 0 Å². The molecule has 22 heavy (non-hydrogen) atoms. The minimum atomic E-state index is -0.663. The Morgan fingerprint density at radius 2 is 1.86 bits per heavy atom. The fourth-order valence-electron chi connectivity index (χ4n) is 6.27. The van der Waals surface area contributed by atoms with Gasteiger partial charge in [-0.2, -0.15) is 0 Å². The summed E-state index contributed by atoms with van der Waals surface area (Å²) in [5.41, 5.74) is 0.983. The molecule has 0 aromatic heterocycles. The summed E-state index contributed by atoms with van der Waals surface area (Å²) in [6.45, 7) is 2.09. The lowest BCUT2D eigenvalue weighted by Crippen LogP contribution is -2.52. The van der Waals surface area contributed by atoms with Gasteiger partial charge in [0.2, 0.25) is 0 Å². The van der Waals surface area contributed by atoms with E-state index in [9.17, 15) is 20.4 Å². The molecular formula is C18H28O4. The predicted octanol–water partition coefficient (Wildman–Crippen LogP) is 1.22. The summed E-state index contributed by atoms with van der Waals surface area (Å²) >= 11 is 0. The third-order valence-electron chi connectivity index (χ3n) is 7.41. The second kappa shape index (κ2) is 5.04. The molecule has 0 aromatic rings. The lowest BCUT2D eigenvalue weighted by Gasteiger charge is -2.54. The standard InChI is InChI=1S/C18H28O4/c1-18-5-4-12-11-3-2-10(19)6-9(11)7-14(20)16(12)13(18)8-15(21)17(18)22/h7,10-17,19-22H,2-6,8H2,1H3/t10-,11-,12?,13?,14-,15+,16?,17-,18-/m0/s1. The SMILES string of the molecule is C[C@]12CCC3C(C1C[C@@H](O)[C@@H]2O)[C@@H](O)C=C1C[C@@H](O)CC[C@@H]13. The van der Waals surface area contributed by atoms with Gasteiger partial charge in [-0.1, -0.05) is 18.6 Å². The number of aliphatic hydroxyl groups is 4. The molecule has 3 fully saturated rings. The summed E-state index contributed by atoms with van der Waals surface area (Å²) in [7, 11) is 0. The number of aliphatic hydroxyl groups excluding tert-OH is 4. The van der Waals surface area contributed by atoms with Crippen molar-refractivity contribution in [2.24, 2.45) is 29.1 Å². The van der Waals surface area contributed by atoms with Gasteiger partial charge in [-0.25, -0.2) is 0 Å². The van der Waals surface area contributed by atoms with Crippen LogP contribution in [0.3, 0.4) is 0 Å². The number of rotatable bonds is 0. The molecule has 0 amide bonds. The lowest BCUT2D eigenvalue weighted by atomic mass is 9.52. The van der Waals surface area contributed by atoms with Crippen LogP contribution in [0, 0.1) is 29.1 Å². The van der Waals surface area contributed by atoms with Crippen LogP contribution in [0.2, 0.25) is 0 Å². The van der Waals surface area contributed by atoms with Crippen molar-refractivity contribution in [3.8, 4) is 0 Å². The van der Waals surface area contributed by atoms with Gasteiger partial charge in [0.15, 0.2) is 0 Å². The van der Waals surface area contributed by atoms with Crippen LogP contribution in [0.4, 0.5) is 0 Å². The summed E-state index contributed by atoms with van der Waals surface area (Å²) in [5, 5.41) is 41.2. The number of fused-ring (bicyclic) bond motifs is 5. The fourth-order valence-corrected chi connectivity index (χ4v) is 6.27. The molecule has 0 bridgehead atoms. The van der Waals surface area contributed by atoms with Gasteiger partial charge in [0.25, 0.3) is 0 Å². The molecule has 4 nitrogen and oxygen atoms in total. The van der Waals surface area contributed by atoms with E-state index in [4.69, 9.17) is 0 Å². The van der Waals surface area contributed by atoms with Crippen LogP contribution in [0.25, 0.3) is 0 Å². The molecule has 0 saturated heterocycles. The molecule has 3 saturated carbocycles. The summed E-state index contributed by atoms with van der Waals surface area (Å²) in [4.78, 5) is 0. The predicted molar refractivity (Wildman–Crippen MR) is 81.9 cm³/mol. The summed E-state index contributed by atoms with van der Waals surface area (Å²) in [6, 6.07) is 0. The first-order chi connectivity index (χ1) is 10.4. The van der Waals surface area contributed by atoms with Gasteiger partial charge < -0.3 is 20.4 Å². The maximum absolute atomic E-state index is 10.7. The molecule has 3 unspecified atom stereocenters. The minimum Gasteiger partial charge on any atom is -0.393 e. The zero-order valence-electron chi connectivity index (χ0n) is 13.2. The van der Waals surface area contributed by atoms with Crippen LogP contribution in [0.15, 0.2) is 11.6 Å². The van der Waals surface area contributed by atoms with E-state index >= 15 is 0 Å². The van der Waals surface area contributed by atoms with E-state index in [2.05, 4.69) is 6.92 Å². The Bertz CT molecular complexity index is 489. The number of hydrogen-bond acceptors (Lipinski definition) is 4. The van der Waals surface area contributed by atoms with Crippen molar-refractivity contribution < 1.29 is 20.4 Å². The minimum absolute atomic E-state index is 0.148. The Morgan fingerprint density at radius 3 is 2.64 bits per heavy atom. The van der Waals surface area contributed by atoms with Gasteiger partial charge >= 0.3 is 0 Å². The third-order valence-corrected chi connectivity index (χ3v) is 7.41. The third kappa shape index (κ3) is 1.97. The van der Waals surface area contributed by atoms with Crippen molar-refractivity contribution in [2.45, 2.75) is 69.9 Å². The molecule has 4 aliphatic rings. The normalized spacial score (nSPS) is 57.6. The maximum atomic E-state index is 10.7. The zero-order valence-corrected chi connectivity index (χ0v) is 13.2. The van der Waals surface area contributed by atoms with Gasteiger partial charge in [0, 0.05) is 0 Å². The first-order valence-electron chi connectivity index (χ1n) is 8.84. The molecule has 124 valence electrons. The highest BCUT2D eigenvalue weighted by Crippen LogP contribution is 2.61. The van der Waals surface area contributed by atoms with E-state index in [0.717, 1.165) is 25.7 Å². The molecule has 4 N–H and O–H groups in total. The largest absolute Gasteiger partial charge is 0.393 e. The van der Waals surface area contributed by atoms with Crippen molar-refractivity contribution in [1.29, 1.82) is 0 Å². The Balaban J connectivity index is 1.68. The highest BCUT2D eigenvalue weighted by atomic mass is 16.3. The first kappa shape index (κ1) is 15.1. The molecule has 0 heterocycles. The Kier molecular flexibility index (Phi) is 3.46. The lowest BCUT2D eigenvalue weighted by molar-refractivity contribution is -0.0921. The van der Waals surface area contributed by atoms with Gasteiger partial charge in [0.1, 0.15) is 0 Å². The Hall–Kier alpha value is -0.420. The molecular weight excluding hydrogens is 280 g/mol. The molecule has 9 atom stereocenters. The van der Waals surface area contributed by atoms with Crippen LogP contribution >= 0.6 is 0 Å². The summed E-state index contributed by atoms with van der Waals surface area (Å²) < 4.78 is 0. The second-order valence-electron chi connectivity index (χ2n) is 8.41. The smallest absolute Gasteiger partial charge is 0.0855 e. The van der Waals surface area contributed by atoms with Gasteiger partial charge in [-0.05, 0) is 67.6 Å². The monoisotopic (exact) mass is 308 g/mol. The van der Waals surface area contributed by atoms with Crippen molar-refractivity contribution in [3.63, 3.8) is 0 Å². The van der Waals surface area contributed by atoms with Crippen LogP contribution in [-0.4, -0.2) is 44.8 Å². The first-order valence-corrected chi connectivity index (χ1v) is 8.84. The van der Waals surface area contributed by atoms with Crippen molar-refractivity contribution in [1.82, 2.24) is 0 Å². The van der Waals surface area contributed by atoms with Gasteiger partial charge in [0.05, 0.1) is 24.4 Å². The summed E-state index contributed by atoms with van der Waals surface area (Å²) in [5.74, 6) is 1.26. The van der Waals surface area contributed by atoms with Crippen LogP contribution < -0.4 is 0 Å². The van der Waals surface area contributed by atoms with E-state index in [-0.39, 0.29) is 23.4 Å². The maximum Gasteiger partial charge on any atom is 0.0855 e. The van der Waals surface area contributed by atoms with E-state index in [1.807, 2.05) is 6.08 Å². The van der Waals surface area contributed by atoms with Gasteiger partial charge in [-0.15, -0.1) is 0 Å². The Labute approximate surface area is 131 Å². The van der Waals surface area contributed by atoms with Crippen molar-refractivity contribution in [2.75, 3.05) is 0 Å². The second-order valence-corrected chi connectivity index (χ2v) is 8.41. The van der Waals surface area contributed by atoms with Crippen LogP contribution in [0.1, 0.15) is 45.4 Å². The molecule has 4 heteroatoms. The Morgan fingerprint density at radius 1 is 1.09 bits per heavy atom. The molecule has 4 rings (SSSR count). The number of hydrogen-bond donors (Lipinski definition) is 4.